The second kappa shape index (κ2) is 12.3. The highest BCUT2D eigenvalue weighted by Gasteiger charge is 2.34. The van der Waals surface area contributed by atoms with Gasteiger partial charge in [-0.05, 0) is 65.9 Å². The highest BCUT2D eigenvalue weighted by molar-refractivity contribution is 5.72. The lowest BCUT2D eigenvalue weighted by Gasteiger charge is -2.34. The number of hydrazine groups is 1. The van der Waals surface area contributed by atoms with Crippen LogP contribution < -0.4 is 27.2 Å². The normalized spacial score (nSPS) is 13.6. The molecular formula is C26H31FN4O4. The van der Waals surface area contributed by atoms with Gasteiger partial charge in [-0.15, -0.1) is 0 Å². The van der Waals surface area contributed by atoms with Crippen molar-refractivity contribution in [3.63, 3.8) is 0 Å². The largest absolute Gasteiger partial charge is 0.497 e. The molecule has 7 N–H and O–H groups in total. The lowest BCUT2D eigenvalue weighted by Crippen LogP contribution is -2.42. The third-order valence-corrected chi connectivity index (χ3v) is 6.07. The summed E-state index contributed by atoms with van der Waals surface area (Å²) in [5.41, 5.74) is 8.63. The number of benzene rings is 3. The number of anilines is 1. The molecule has 0 spiro atoms. The molecule has 3 aromatic rings. The van der Waals surface area contributed by atoms with Crippen molar-refractivity contribution in [3.05, 3.63) is 95.3 Å². The summed E-state index contributed by atoms with van der Waals surface area (Å²) >= 11 is 0. The highest BCUT2D eigenvalue weighted by atomic mass is 19.1. The predicted octanol–water partition coefficient (Wildman–Crippen LogP) is 3.83. The number of ether oxygens (including phenoxy) is 1. The van der Waals surface area contributed by atoms with Crippen molar-refractivity contribution in [2.24, 2.45) is 23.4 Å². The molecule has 3 aromatic carbocycles. The van der Waals surface area contributed by atoms with E-state index in [9.17, 15) is 14.3 Å². The fourth-order valence-electron chi connectivity index (χ4n) is 4.09. The lowest BCUT2D eigenvalue weighted by molar-refractivity contribution is -0.143. The lowest BCUT2D eigenvalue weighted by atomic mass is 9.86. The average Bonchev–Trinajstić information content (AvgIpc) is 2.89. The summed E-state index contributed by atoms with van der Waals surface area (Å²) in [7, 11) is 1.56. The van der Waals surface area contributed by atoms with Crippen LogP contribution >= 0.6 is 0 Å². The smallest absolute Gasteiger partial charge is 0.309 e. The van der Waals surface area contributed by atoms with Crippen molar-refractivity contribution in [1.29, 1.82) is 0 Å². The zero-order chi connectivity index (χ0) is 25.4. The van der Waals surface area contributed by atoms with Crippen LogP contribution in [0.4, 0.5) is 10.1 Å². The molecule has 0 aliphatic rings. The van der Waals surface area contributed by atoms with Gasteiger partial charge in [-0.3, -0.25) is 9.63 Å². The number of methoxy groups -OCH3 is 1. The van der Waals surface area contributed by atoms with E-state index in [0.29, 0.717) is 29.1 Å². The third kappa shape index (κ3) is 6.55. The van der Waals surface area contributed by atoms with E-state index in [1.54, 1.807) is 43.5 Å². The number of carboxylic acid groups (broad SMARTS) is 1. The maximum atomic E-state index is 13.3. The molecule has 186 valence electrons. The Labute approximate surface area is 204 Å². The first-order valence-electron chi connectivity index (χ1n) is 11.2. The van der Waals surface area contributed by atoms with E-state index >= 15 is 0 Å². The van der Waals surface area contributed by atoms with Gasteiger partial charge >= 0.3 is 5.97 Å². The summed E-state index contributed by atoms with van der Waals surface area (Å²) < 4.78 is 18.6. The van der Waals surface area contributed by atoms with Gasteiger partial charge in [0.25, 0.3) is 0 Å². The van der Waals surface area contributed by atoms with Gasteiger partial charge in [-0.25, -0.2) is 16.1 Å². The van der Waals surface area contributed by atoms with Crippen LogP contribution in [0.1, 0.15) is 41.7 Å². The second-order valence-corrected chi connectivity index (χ2v) is 8.19. The number of hydrogen-bond donors (Lipinski definition) is 4. The van der Waals surface area contributed by atoms with Crippen LogP contribution in [0.15, 0.2) is 72.8 Å². The fraction of sp³-hybridized carbons (Fsp3) is 0.269. The minimum absolute atomic E-state index is 0.194. The van der Waals surface area contributed by atoms with Gasteiger partial charge in [-0.1, -0.05) is 36.4 Å². The SMILES string of the molecule is COc1ccc(C(C(CCC(ON)c2ccc(F)cc2)C(=O)O)N(N)c2ccc(CN)cc2)cc1. The molecular weight excluding hydrogens is 451 g/mol. The van der Waals surface area contributed by atoms with Crippen LogP contribution in [-0.2, 0) is 16.2 Å². The molecule has 0 fully saturated rings. The Kier molecular flexibility index (Phi) is 9.16. The standard InChI is InChI=1S/C26H31FN4O4/c1-34-22-12-6-19(7-13-22)25(31(29)21-10-2-17(16-28)3-11-21)23(26(32)33)14-15-24(35-30)18-4-8-20(27)9-5-18/h2-13,23-25H,14-16,28-30H2,1H3,(H,32,33). The van der Waals surface area contributed by atoms with Crippen LogP contribution in [-0.4, -0.2) is 18.2 Å². The predicted molar refractivity (Wildman–Crippen MR) is 132 cm³/mol. The van der Waals surface area contributed by atoms with Crippen LogP contribution in [0.3, 0.4) is 0 Å². The summed E-state index contributed by atoms with van der Waals surface area (Å²) in [6.07, 6.45) is -0.130. The molecule has 0 saturated carbocycles. The Morgan fingerprint density at radius 2 is 1.57 bits per heavy atom. The van der Waals surface area contributed by atoms with Crippen LogP contribution in [0.25, 0.3) is 0 Å². The minimum atomic E-state index is -1.02. The molecule has 0 amide bonds. The second-order valence-electron chi connectivity index (χ2n) is 8.19. The quantitative estimate of drug-likeness (QED) is 0.226. The highest BCUT2D eigenvalue weighted by Crippen LogP contribution is 2.36. The third-order valence-electron chi connectivity index (χ3n) is 6.07. The number of nitrogens with two attached hydrogens (primary N) is 3. The van der Waals surface area contributed by atoms with E-state index in [1.165, 1.54) is 17.1 Å². The van der Waals surface area contributed by atoms with Crippen molar-refractivity contribution < 1.29 is 23.9 Å². The summed E-state index contributed by atoms with van der Waals surface area (Å²) in [5, 5.41) is 11.7. The van der Waals surface area contributed by atoms with Crippen molar-refractivity contribution >= 4 is 11.7 Å². The monoisotopic (exact) mass is 482 g/mol. The molecule has 35 heavy (non-hydrogen) atoms. The van der Waals surface area contributed by atoms with E-state index in [4.69, 9.17) is 27.0 Å². The first kappa shape index (κ1) is 26.1. The molecule has 0 aliphatic carbocycles. The number of aliphatic carboxylic acids is 1. The number of rotatable bonds is 12. The van der Waals surface area contributed by atoms with Gasteiger partial charge in [0.05, 0.1) is 24.8 Å². The minimum Gasteiger partial charge on any atom is -0.497 e. The first-order chi connectivity index (χ1) is 16.9. The molecule has 0 saturated heterocycles. The summed E-state index contributed by atoms with van der Waals surface area (Å²) in [6.45, 7) is 0.383. The van der Waals surface area contributed by atoms with E-state index in [1.807, 2.05) is 24.3 Å². The van der Waals surface area contributed by atoms with Gasteiger partial charge in [-0.2, -0.15) is 0 Å². The van der Waals surface area contributed by atoms with Gasteiger partial charge < -0.3 is 20.6 Å². The maximum Gasteiger partial charge on any atom is 0.309 e. The Bertz CT molecular complexity index is 1080. The van der Waals surface area contributed by atoms with E-state index in [-0.39, 0.29) is 18.7 Å². The topological polar surface area (TPSA) is 137 Å². The van der Waals surface area contributed by atoms with Gasteiger partial charge in [0.2, 0.25) is 0 Å². The van der Waals surface area contributed by atoms with Crippen LogP contribution in [0.2, 0.25) is 0 Å². The van der Waals surface area contributed by atoms with E-state index < -0.39 is 24.0 Å². The van der Waals surface area contributed by atoms with Crippen molar-refractivity contribution in [1.82, 2.24) is 0 Å². The summed E-state index contributed by atoms with van der Waals surface area (Å²) in [4.78, 5) is 17.6. The maximum absolute atomic E-state index is 13.3. The van der Waals surface area contributed by atoms with Gasteiger partial charge in [0, 0.05) is 6.54 Å². The number of nitrogens with zero attached hydrogens (tertiary/aromatic N) is 1. The van der Waals surface area contributed by atoms with E-state index in [2.05, 4.69) is 0 Å². The van der Waals surface area contributed by atoms with Gasteiger partial charge in [0.1, 0.15) is 17.7 Å². The van der Waals surface area contributed by atoms with Crippen LogP contribution in [0.5, 0.6) is 5.75 Å². The molecule has 0 aromatic heterocycles. The number of hydrogen-bond acceptors (Lipinski definition) is 7. The molecule has 3 rings (SSSR count). The number of carbonyl (C=O) groups is 1. The number of halogens is 1. The summed E-state index contributed by atoms with van der Waals surface area (Å²) in [5.74, 6) is 10.4. The van der Waals surface area contributed by atoms with Crippen LogP contribution in [0, 0.1) is 11.7 Å². The van der Waals surface area contributed by atoms with Crippen molar-refractivity contribution in [3.8, 4) is 5.75 Å². The summed E-state index contributed by atoms with van der Waals surface area (Å²) in [6, 6.07) is 19.5. The molecule has 0 heterocycles. The molecule has 0 aliphatic heterocycles. The fourth-order valence-corrected chi connectivity index (χ4v) is 4.09. The van der Waals surface area contributed by atoms with Crippen molar-refractivity contribution in [2.45, 2.75) is 31.5 Å². The molecule has 0 radical (unpaired) electrons. The van der Waals surface area contributed by atoms with Crippen molar-refractivity contribution in [2.75, 3.05) is 12.1 Å². The molecule has 8 nitrogen and oxygen atoms in total. The first-order valence-corrected chi connectivity index (χ1v) is 11.2. The van der Waals surface area contributed by atoms with E-state index in [0.717, 1.165) is 5.56 Å². The average molecular weight is 483 g/mol. The molecule has 0 bridgehead atoms. The Hall–Kier alpha value is -3.50. The Morgan fingerprint density at radius 3 is 2.09 bits per heavy atom. The number of carboxylic acids is 1. The zero-order valence-corrected chi connectivity index (χ0v) is 19.5. The Balaban J connectivity index is 1.93. The molecule has 3 atom stereocenters. The van der Waals surface area contributed by atoms with Gasteiger partial charge in [0.15, 0.2) is 0 Å². The Morgan fingerprint density at radius 1 is 0.971 bits per heavy atom. The zero-order valence-electron chi connectivity index (χ0n) is 19.5. The molecule has 3 unspecified atom stereocenters. The molecule has 9 heteroatoms.